The van der Waals surface area contributed by atoms with Gasteiger partial charge in [0.15, 0.2) is 17.5 Å². The molecule has 2 aromatic rings. The molecule has 3 rings (SSSR count). The van der Waals surface area contributed by atoms with Crippen LogP contribution in [-0.2, 0) is 6.42 Å². The molecule has 3 N–H and O–H groups in total. The van der Waals surface area contributed by atoms with E-state index in [1.54, 1.807) is 13.2 Å². The number of likely N-dealkylation sites (tertiary alicyclic amines) is 1. The van der Waals surface area contributed by atoms with Crippen LogP contribution in [0, 0.1) is 0 Å². The van der Waals surface area contributed by atoms with Crippen LogP contribution in [-0.4, -0.2) is 55.8 Å². The smallest absolute Gasteiger partial charge is 0.191 e. The lowest BCUT2D eigenvalue weighted by molar-refractivity contribution is 0.251. The van der Waals surface area contributed by atoms with E-state index in [0.717, 1.165) is 50.7 Å². The fourth-order valence-electron chi connectivity index (χ4n) is 3.88. The molecule has 1 fully saturated rings. The Kier molecular flexibility index (Phi) is 10.9. The third-order valence-corrected chi connectivity index (χ3v) is 5.48. The van der Waals surface area contributed by atoms with Crippen molar-refractivity contribution in [1.29, 1.82) is 0 Å². The van der Waals surface area contributed by atoms with Crippen molar-refractivity contribution in [2.24, 2.45) is 4.99 Å². The summed E-state index contributed by atoms with van der Waals surface area (Å²) in [4.78, 5) is 7.45. The standard InChI is InChI=1S/C24H34N4O2.HI/c1-3-25-24(26-14-13-19-11-12-22(29)23(17-19)30-2)27-18-21(28-15-7-8-16-28)20-9-5-4-6-10-20;/h4-6,9-12,17,21,29H,3,7-8,13-16,18H2,1-2H3,(H2,25,26,27);1H. The Hall–Kier alpha value is -2.00. The van der Waals surface area contributed by atoms with Gasteiger partial charge in [-0.05, 0) is 62.5 Å². The third-order valence-electron chi connectivity index (χ3n) is 5.48. The van der Waals surface area contributed by atoms with Gasteiger partial charge in [0, 0.05) is 13.1 Å². The highest BCUT2D eigenvalue weighted by molar-refractivity contribution is 14.0. The molecule has 0 amide bonds. The molecule has 1 aliphatic heterocycles. The Morgan fingerprint density at radius 2 is 1.87 bits per heavy atom. The maximum Gasteiger partial charge on any atom is 0.191 e. The zero-order valence-electron chi connectivity index (χ0n) is 18.5. The van der Waals surface area contributed by atoms with Crippen molar-refractivity contribution in [1.82, 2.24) is 15.5 Å². The normalized spacial score (nSPS) is 15.2. The minimum atomic E-state index is 0. The largest absolute Gasteiger partial charge is 0.504 e. The van der Waals surface area contributed by atoms with Crippen molar-refractivity contribution in [2.75, 3.05) is 39.8 Å². The van der Waals surface area contributed by atoms with Crippen LogP contribution in [0.1, 0.15) is 36.9 Å². The van der Waals surface area contributed by atoms with Crippen LogP contribution in [0.25, 0.3) is 0 Å². The Balaban J connectivity index is 0.00000341. The third kappa shape index (κ3) is 7.57. The quantitative estimate of drug-likeness (QED) is 0.256. The SMILES string of the molecule is CCNC(=NCC(c1ccccc1)N1CCCC1)NCCc1ccc(O)c(OC)c1.I. The van der Waals surface area contributed by atoms with Crippen molar-refractivity contribution >= 4 is 29.9 Å². The summed E-state index contributed by atoms with van der Waals surface area (Å²) >= 11 is 0. The molecule has 0 aliphatic carbocycles. The fourth-order valence-corrected chi connectivity index (χ4v) is 3.88. The van der Waals surface area contributed by atoms with E-state index in [0.29, 0.717) is 11.8 Å². The summed E-state index contributed by atoms with van der Waals surface area (Å²) in [7, 11) is 1.57. The summed E-state index contributed by atoms with van der Waals surface area (Å²) < 4.78 is 5.20. The first kappa shape index (κ1) is 25.3. The highest BCUT2D eigenvalue weighted by Crippen LogP contribution is 2.26. The zero-order valence-corrected chi connectivity index (χ0v) is 20.8. The molecule has 0 spiro atoms. The lowest BCUT2D eigenvalue weighted by Crippen LogP contribution is -2.39. The average molecular weight is 538 g/mol. The van der Waals surface area contributed by atoms with Gasteiger partial charge in [0.1, 0.15) is 0 Å². The number of nitrogens with one attached hydrogen (secondary N) is 2. The van der Waals surface area contributed by atoms with Gasteiger partial charge in [0.25, 0.3) is 0 Å². The summed E-state index contributed by atoms with van der Waals surface area (Å²) in [5.41, 5.74) is 2.43. The first-order valence-electron chi connectivity index (χ1n) is 10.9. The number of hydrogen-bond acceptors (Lipinski definition) is 4. The molecule has 170 valence electrons. The Bertz CT molecular complexity index is 810. The summed E-state index contributed by atoms with van der Waals surface area (Å²) in [5, 5.41) is 16.5. The van der Waals surface area contributed by atoms with Gasteiger partial charge >= 0.3 is 0 Å². The second-order valence-corrected chi connectivity index (χ2v) is 7.57. The van der Waals surface area contributed by atoms with Gasteiger partial charge in [-0.25, -0.2) is 0 Å². The number of benzene rings is 2. The number of ether oxygens (including phenoxy) is 1. The molecule has 31 heavy (non-hydrogen) atoms. The van der Waals surface area contributed by atoms with Gasteiger partial charge in [-0.2, -0.15) is 0 Å². The predicted molar refractivity (Wildman–Crippen MR) is 138 cm³/mol. The first-order valence-corrected chi connectivity index (χ1v) is 10.9. The maximum atomic E-state index is 9.75. The van der Waals surface area contributed by atoms with Gasteiger partial charge in [-0.3, -0.25) is 9.89 Å². The number of hydrogen-bond donors (Lipinski definition) is 3. The van der Waals surface area contributed by atoms with Crippen LogP contribution in [0.5, 0.6) is 11.5 Å². The van der Waals surface area contributed by atoms with Crippen LogP contribution in [0.4, 0.5) is 0 Å². The molecular formula is C24H35IN4O2. The number of aliphatic imine (C=N–C) groups is 1. The molecular weight excluding hydrogens is 503 g/mol. The number of phenolic OH excluding ortho intramolecular Hbond substituents is 1. The van der Waals surface area contributed by atoms with Gasteiger partial charge < -0.3 is 20.5 Å². The Morgan fingerprint density at radius 1 is 1.13 bits per heavy atom. The Morgan fingerprint density at radius 3 is 2.55 bits per heavy atom. The van der Waals surface area contributed by atoms with E-state index in [-0.39, 0.29) is 29.7 Å². The zero-order chi connectivity index (χ0) is 21.2. The van der Waals surface area contributed by atoms with Gasteiger partial charge in [0.05, 0.1) is 19.7 Å². The van der Waals surface area contributed by atoms with E-state index in [9.17, 15) is 5.11 Å². The van der Waals surface area contributed by atoms with Crippen molar-refractivity contribution in [3.05, 3.63) is 59.7 Å². The van der Waals surface area contributed by atoms with Gasteiger partial charge in [0.2, 0.25) is 0 Å². The molecule has 1 unspecified atom stereocenters. The van der Waals surface area contributed by atoms with Crippen molar-refractivity contribution in [3.63, 3.8) is 0 Å². The van der Waals surface area contributed by atoms with Crippen LogP contribution >= 0.6 is 24.0 Å². The minimum Gasteiger partial charge on any atom is -0.504 e. The molecule has 7 heteroatoms. The summed E-state index contributed by atoms with van der Waals surface area (Å²) in [5.74, 6) is 1.51. The van der Waals surface area contributed by atoms with Crippen molar-refractivity contribution in [3.8, 4) is 11.5 Å². The molecule has 1 saturated heterocycles. The van der Waals surface area contributed by atoms with E-state index >= 15 is 0 Å². The topological polar surface area (TPSA) is 69.1 Å². The average Bonchev–Trinajstić information content (AvgIpc) is 3.30. The van der Waals surface area contributed by atoms with Gasteiger partial charge in [-0.15, -0.1) is 24.0 Å². The molecule has 1 aliphatic rings. The van der Waals surface area contributed by atoms with Crippen LogP contribution < -0.4 is 15.4 Å². The fraction of sp³-hybridized carbons (Fsp3) is 0.458. The molecule has 0 radical (unpaired) electrons. The van der Waals surface area contributed by atoms with E-state index in [4.69, 9.17) is 9.73 Å². The highest BCUT2D eigenvalue weighted by Gasteiger charge is 2.23. The first-order chi connectivity index (χ1) is 14.7. The lowest BCUT2D eigenvalue weighted by Gasteiger charge is -2.27. The minimum absolute atomic E-state index is 0. The lowest BCUT2D eigenvalue weighted by atomic mass is 10.1. The molecule has 1 atom stereocenters. The van der Waals surface area contributed by atoms with Crippen LogP contribution in [0.2, 0.25) is 0 Å². The van der Waals surface area contributed by atoms with Crippen molar-refractivity contribution in [2.45, 2.75) is 32.2 Å². The van der Waals surface area contributed by atoms with E-state index in [1.807, 2.05) is 12.1 Å². The number of aromatic hydroxyl groups is 1. The molecule has 1 heterocycles. The maximum absolute atomic E-state index is 9.75. The highest BCUT2D eigenvalue weighted by atomic mass is 127. The molecule has 6 nitrogen and oxygen atoms in total. The Labute approximate surface area is 203 Å². The van der Waals surface area contributed by atoms with E-state index < -0.39 is 0 Å². The number of nitrogens with zero attached hydrogens (tertiary/aromatic N) is 2. The summed E-state index contributed by atoms with van der Waals surface area (Å²) in [6.45, 7) is 6.66. The van der Waals surface area contributed by atoms with Gasteiger partial charge in [-0.1, -0.05) is 36.4 Å². The second kappa shape index (κ2) is 13.4. The number of rotatable bonds is 9. The number of methoxy groups -OCH3 is 1. The summed E-state index contributed by atoms with van der Waals surface area (Å²) in [6.07, 6.45) is 3.35. The predicted octanol–water partition coefficient (Wildman–Crippen LogP) is 3.95. The summed E-state index contributed by atoms with van der Waals surface area (Å²) in [6, 6.07) is 16.5. The van der Waals surface area contributed by atoms with E-state index in [1.165, 1.54) is 18.4 Å². The second-order valence-electron chi connectivity index (χ2n) is 7.57. The van der Waals surface area contributed by atoms with Crippen LogP contribution in [0.15, 0.2) is 53.5 Å². The van der Waals surface area contributed by atoms with Crippen molar-refractivity contribution < 1.29 is 9.84 Å². The molecule has 2 aromatic carbocycles. The molecule has 0 bridgehead atoms. The van der Waals surface area contributed by atoms with Crippen LogP contribution in [0.3, 0.4) is 0 Å². The molecule has 0 aromatic heterocycles. The monoisotopic (exact) mass is 538 g/mol. The number of phenols is 1. The molecule has 0 saturated carbocycles. The van der Waals surface area contributed by atoms with E-state index in [2.05, 4.69) is 52.8 Å². The number of halogens is 1. The number of guanidine groups is 1.